The number of para-hydroxylation sites is 1. The molecule has 1 aliphatic heterocycles. The van der Waals surface area contributed by atoms with Crippen LogP contribution in [0.25, 0.3) is 0 Å². The Balaban J connectivity index is 1.84. The molecule has 0 radical (unpaired) electrons. The molecule has 2 aromatic rings. The Morgan fingerprint density at radius 2 is 2.04 bits per heavy atom. The average molecular weight is 313 g/mol. The van der Waals surface area contributed by atoms with Gasteiger partial charge in [-0.1, -0.05) is 18.2 Å². The SMILES string of the molecule is COc1ccccc1Cc1nc(C2CCN(C)CC2)cc(=O)[nH]1. The summed E-state index contributed by atoms with van der Waals surface area (Å²) in [6.07, 6.45) is 2.68. The number of ether oxygens (including phenoxy) is 1. The van der Waals surface area contributed by atoms with Gasteiger partial charge in [-0.2, -0.15) is 0 Å². The Bertz CT molecular complexity index is 718. The van der Waals surface area contributed by atoms with Gasteiger partial charge in [-0.3, -0.25) is 4.79 Å². The van der Waals surface area contributed by atoms with Crippen molar-refractivity contribution in [1.29, 1.82) is 0 Å². The van der Waals surface area contributed by atoms with Crippen LogP contribution in [0.2, 0.25) is 0 Å². The van der Waals surface area contributed by atoms with Crippen molar-refractivity contribution in [2.24, 2.45) is 0 Å². The fourth-order valence-corrected chi connectivity index (χ4v) is 3.16. The highest BCUT2D eigenvalue weighted by Gasteiger charge is 2.20. The lowest BCUT2D eigenvalue weighted by Gasteiger charge is -2.28. The number of hydrogen-bond acceptors (Lipinski definition) is 4. The van der Waals surface area contributed by atoms with Crippen LogP contribution in [0, 0.1) is 0 Å². The number of aromatic nitrogens is 2. The second-order valence-corrected chi connectivity index (χ2v) is 6.18. The highest BCUT2D eigenvalue weighted by atomic mass is 16.5. The molecule has 0 atom stereocenters. The number of nitrogens with one attached hydrogen (secondary N) is 1. The van der Waals surface area contributed by atoms with E-state index in [2.05, 4.69) is 16.9 Å². The van der Waals surface area contributed by atoms with Gasteiger partial charge in [-0.05, 0) is 39.0 Å². The smallest absolute Gasteiger partial charge is 0.251 e. The van der Waals surface area contributed by atoms with E-state index in [4.69, 9.17) is 9.72 Å². The first-order valence-electron chi connectivity index (χ1n) is 8.06. The quantitative estimate of drug-likeness (QED) is 0.940. The van der Waals surface area contributed by atoms with Crippen LogP contribution in [0.1, 0.15) is 35.8 Å². The molecule has 0 bridgehead atoms. The monoisotopic (exact) mass is 313 g/mol. The zero-order valence-electron chi connectivity index (χ0n) is 13.7. The number of piperidine rings is 1. The van der Waals surface area contributed by atoms with Crippen LogP contribution >= 0.6 is 0 Å². The largest absolute Gasteiger partial charge is 0.496 e. The summed E-state index contributed by atoms with van der Waals surface area (Å²) < 4.78 is 5.38. The van der Waals surface area contributed by atoms with Gasteiger partial charge >= 0.3 is 0 Å². The summed E-state index contributed by atoms with van der Waals surface area (Å²) in [5.41, 5.74) is 1.88. The van der Waals surface area contributed by atoms with E-state index in [9.17, 15) is 4.79 Å². The minimum Gasteiger partial charge on any atom is -0.496 e. The fraction of sp³-hybridized carbons (Fsp3) is 0.444. The maximum Gasteiger partial charge on any atom is 0.251 e. The lowest BCUT2D eigenvalue weighted by atomic mass is 9.93. The van der Waals surface area contributed by atoms with Gasteiger partial charge in [0, 0.05) is 24.0 Å². The predicted molar refractivity (Wildman–Crippen MR) is 90.1 cm³/mol. The number of H-pyrrole nitrogens is 1. The summed E-state index contributed by atoms with van der Waals surface area (Å²) in [5, 5.41) is 0. The highest BCUT2D eigenvalue weighted by molar-refractivity contribution is 5.35. The van der Waals surface area contributed by atoms with Crippen LogP contribution in [0.15, 0.2) is 35.1 Å². The molecular weight excluding hydrogens is 290 g/mol. The second kappa shape index (κ2) is 6.96. The van der Waals surface area contributed by atoms with E-state index in [1.54, 1.807) is 13.2 Å². The van der Waals surface area contributed by atoms with Gasteiger partial charge < -0.3 is 14.6 Å². The van der Waals surface area contributed by atoms with Crippen molar-refractivity contribution < 1.29 is 4.74 Å². The summed E-state index contributed by atoms with van der Waals surface area (Å²) in [7, 11) is 3.79. The van der Waals surface area contributed by atoms with E-state index in [1.807, 2.05) is 24.3 Å². The van der Waals surface area contributed by atoms with Crippen molar-refractivity contribution in [3.63, 3.8) is 0 Å². The Hall–Kier alpha value is -2.14. The normalized spacial score (nSPS) is 16.4. The molecule has 2 heterocycles. The Morgan fingerprint density at radius 3 is 2.78 bits per heavy atom. The molecule has 5 heteroatoms. The van der Waals surface area contributed by atoms with Crippen molar-refractivity contribution in [2.45, 2.75) is 25.2 Å². The first-order valence-corrected chi connectivity index (χ1v) is 8.06. The van der Waals surface area contributed by atoms with Crippen LogP contribution in [0.3, 0.4) is 0 Å². The van der Waals surface area contributed by atoms with E-state index < -0.39 is 0 Å². The standard InChI is InChI=1S/C18H23N3O2/c1-21-9-7-13(8-10-21)15-12-18(22)20-17(19-15)11-14-5-3-4-6-16(14)23-2/h3-6,12-13H,7-11H2,1-2H3,(H,19,20,22). The highest BCUT2D eigenvalue weighted by Crippen LogP contribution is 2.26. The molecular formula is C18H23N3O2. The molecule has 1 aliphatic rings. The Kier molecular flexibility index (Phi) is 4.76. The third kappa shape index (κ3) is 3.79. The number of likely N-dealkylation sites (tertiary alicyclic amines) is 1. The average Bonchev–Trinajstić information content (AvgIpc) is 2.55. The van der Waals surface area contributed by atoms with Gasteiger partial charge in [-0.15, -0.1) is 0 Å². The van der Waals surface area contributed by atoms with E-state index in [0.717, 1.165) is 42.9 Å². The number of benzene rings is 1. The molecule has 122 valence electrons. The molecule has 1 aromatic carbocycles. The topological polar surface area (TPSA) is 58.2 Å². The van der Waals surface area contributed by atoms with Crippen molar-refractivity contribution >= 4 is 0 Å². The predicted octanol–water partition coefficient (Wildman–Crippen LogP) is 2.18. The number of nitrogens with zero attached hydrogens (tertiary/aromatic N) is 2. The van der Waals surface area contributed by atoms with E-state index in [0.29, 0.717) is 18.2 Å². The third-order valence-corrected chi connectivity index (χ3v) is 4.50. The molecule has 1 N–H and O–H groups in total. The maximum atomic E-state index is 12.0. The molecule has 1 fully saturated rings. The minimum absolute atomic E-state index is 0.0705. The first kappa shape index (κ1) is 15.7. The molecule has 0 spiro atoms. The number of methoxy groups -OCH3 is 1. The van der Waals surface area contributed by atoms with Crippen LogP contribution in [-0.4, -0.2) is 42.1 Å². The van der Waals surface area contributed by atoms with Crippen LogP contribution in [0.5, 0.6) is 5.75 Å². The molecule has 23 heavy (non-hydrogen) atoms. The summed E-state index contributed by atoms with van der Waals surface area (Å²) in [5.74, 6) is 1.90. The molecule has 0 aliphatic carbocycles. The van der Waals surface area contributed by atoms with Gasteiger partial charge in [0.05, 0.1) is 12.8 Å². The first-order chi connectivity index (χ1) is 11.2. The molecule has 1 saturated heterocycles. The number of hydrogen-bond donors (Lipinski definition) is 1. The summed E-state index contributed by atoms with van der Waals surface area (Å²) in [6.45, 7) is 2.11. The Labute approximate surface area is 136 Å². The van der Waals surface area contributed by atoms with Crippen molar-refractivity contribution in [3.05, 3.63) is 57.8 Å². The zero-order chi connectivity index (χ0) is 16.2. The van der Waals surface area contributed by atoms with Gasteiger partial charge in [0.1, 0.15) is 11.6 Å². The molecule has 3 rings (SSSR count). The van der Waals surface area contributed by atoms with Crippen molar-refractivity contribution in [3.8, 4) is 5.75 Å². The summed E-state index contributed by atoms with van der Waals surface area (Å²) in [4.78, 5) is 21.9. The van der Waals surface area contributed by atoms with Gasteiger partial charge in [0.15, 0.2) is 0 Å². The number of aromatic amines is 1. The van der Waals surface area contributed by atoms with Gasteiger partial charge in [0.2, 0.25) is 0 Å². The number of rotatable bonds is 4. The lowest BCUT2D eigenvalue weighted by Crippen LogP contribution is -2.30. The summed E-state index contributed by atoms with van der Waals surface area (Å²) >= 11 is 0. The van der Waals surface area contributed by atoms with Crippen molar-refractivity contribution in [1.82, 2.24) is 14.9 Å². The molecule has 1 aromatic heterocycles. The fourth-order valence-electron chi connectivity index (χ4n) is 3.16. The molecule has 5 nitrogen and oxygen atoms in total. The van der Waals surface area contributed by atoms with E-state index in [1.165, 1.54) is 0 Å². The maximum absolute atomic E-state index is 12.0. The third-order valence-electron chi connectivity index (χ3n) is 4.50. The van der Waals surface area contributed by atoms with Gasteiger partial charge in [0.25, 0.3) is 5.56 Å². The Morgan fingerprint density at radius 1 is 1.30 bits per heavy atom. The zero-order valence-corrected chi connectivity index (χ0v) is 13.7. The van der Waals surface area contributed by atoms with Crippen molar-refractivity contribution in [2.75, 3.05) is 27.2 Å². The molecule has 0 unspecified atom stereocenters. The van der Waals surface area contributed by atoms with Crippen LogP contribution in [0.4, 0.5) is 0 Å². The second-order valence-electron chi connectivity index (χ2n) is 6.18. The molecule has 0 saturated carbocycles. The van der Waals surface area contributed by atoms with Gasteiger partial charge in [-0.25, -0.2) is 4.98 Å². The molecule has 0 amide bonds. The lowest BCUT2D eigenvalue weighted by molar-refractivity contribution is 0.253. The summed E-state index contributed by atoms with van der Waals surface area (Å²) in [6, 6.07) is 9.49. The van der Waals surface area contributed by atoms with Crippen LogP contribution in [-0.2, 0) is 6.42 Å². The van der Waals surface area contributed by atoms with Crippen LogP contribution < -0.4 is 10.3 Å². The van der Waals surface area contributed by atoms with E-state index in [-0.39, 0.29) is 5.56 Å². The minimum atomic E-state index is -0.0705. The van der Waals surface area contributed by atoms with E-state index >= 15 is 0 Å².